The molecule has 2 heteroatoms. The van der Waals surface area contributed by atoms with Crippen LogP contribution in [0.5, 0.6) is 0 Å². The number of carbonyl (C=O) groups excluding carboxylic acids is 1. The molecule has 1 atom stereocenters. The Labute approximate surface area is 101 Å². The van der Waals surface area contributed by atoms with Crippen molar-refractivity contribution in [3.05, 3.63) is 0 Å². The van der Waals surface area contributed by atoms with Gasteiger partial charge < -0.3 is 4.74 Å². The largest absolute Gasteiger partial charge is 0.466 e. The number of unbranched alkanes of at least 4 members (excludes halogenated alkanes) is 3. The van der Waals surface area contributed by atoms with Gasteiger partial charge >= 0.3 is 5.97 Å². The fourth-order valence-electron chi connectivity index (χ4n) is 2.13. The fourth-order valence-corrected chi connectivity index (χ4v) is 2.13. The van der Waals surface area contributed by atoms with E-state index in [1.54, 1.807) is 0 Å². The topological polar surface area (TPSA) is 26.3 Å². The summed E-state index contributed by atoms with van der Waals surface area (Å²) in [6, 6.07) is 0. The van der Waals surface area contributed by atoms with Crippen molar-refractivity contribution < 1.29 is 9.53 Å². The first-order chi connectivity index (χ1) is 7.60. The Morgan fingerprint density at radius 2 is 1.69 bits per heavy atom. The molecule has 0 saturated heterocycles. The summed E-state index contributed by atoms with van der Waals surface area (Å²) in [6.07, 6.45) is 7.84. The van der Waals surface area contributed by atoms with Gasteiger partial charge in [0.15, 0.2) is 0 Å². The molecule has 0 fully saturated rings. The van der Waals surface area contributed by atoms with E-state index in [0.717, 1.165) is 25.7 Å². The van der Waals surface area contributed by atoms with Gasteiger partial charge in [-0.3, -0.25) is 4.79 Å². The molecular weight excluding hydrogens is 200 g/mol. The highest BCUT2D eigenvalue weighted by Gasteiger charge is 2.32. The molecule has 2 nitrogen and oxygen atoms in total. The fraction of sp³-hybridized carbons (Fsp3) is 0.929. The predicted octanol–water partition coefficient (Wildman–Crippen LogP) is 4.33. The van der Waals surface area contributed by atoms with E-state index in [-0.39, 0.29) is 11.4 Å². The number of hydrogen-bond donors (Lipinski definition) is 0. The maximum absolute atomic E-state index is 11.9. The van der Waals surface area contributed by atoms with Crippen molar-refractivity contribution in [2.24, 2.45) is 5.41 Å². The summed E-state index contributed by atoms with van der Waals surface area (Å²) in [4.78, 5) is 11.9. The van der Waals surface area contributed by atoms with Crippen molar-refractivity contribution in [1.82, 2.24) is 0 Å². The molecular formula is C14H28O2. The predicted molar refractivity (Wildman–Crippen MR) is 68.4 cm³/mol. The minimum atomic E-state index is -0.251. The highest BCUT2D eigenvalue weighted by molar-refractivity contribution is 5.76. The van der Waals surface area contributed by atoms with Crippen molar-refractivity contribution in [3.8, 4) is 0 Å². The van der Waals surface area contributed by atoms with Crippen molar-refractivity contribution in [2.75, 3.05) is 6.61 Å². The van der Waals surface area contributed by atoms with Crippen LogP contribution in [0.4, 0.5) is 0 Å². The maximum Gasteiger partial charge on any atom is 0.311 e. The average Bonchev–Trinajstić information content (AvgIpc) is 2.25. The van der Waals surface area contributed by atoms with E-state index in [0.29, 0.717) is 6.61 Å². The lowest BCUT2D eigenvalue weighted by Crippen LogP contribution is -2.30. The molecule has 0 rings (SSSR count). The van der Waals surface area contributed by atoms with Gasteiger partial charge in [-0.25, -0.2) is 0 Å². The van der Waals surface area contributed by atoms with Crippen LogP contribution in [0, 0.1) is 5.41 Å². The molecule has 0 bridgehead atoms. The van der Waals surface area contributed by atoms with Gasteiger partial charge in [-0.1, -0.05) is 46.0 Å². The van der Waals surface area contributed by atoms with Crippen LogP contribution in [0.15, 0.2) is 0 Å². The molecule has 0 N–H and O–H groups in total. The molecule has 0 saturated carbocycles. The van der Waals surface area contributed by atoms with Gasteiger partial charge in [0.1, 0.15) is 0 Å². The smallest absolute Gasteiger partial charge is 0.311 e. The highest BCUT2D eigenvalue weighted by Crippen LogP contribution is 2.31. The summed E-state index contributed by atoms with van der Waals surface area (Å²) in [5.74, 6) is -0.00616. The van der Waals surface area contributed by atoms with Gasteiger partial charge in [0, 0.05) is 0 Å². The Hall–Kier alpha value is -0.530. The lowest BCUT2D eigenvalue weighted by Gasteiger charge is -2.26. The van der Waals surface area contributed by atoms with Gasteiger partial charge in [0.05, 0.1) is 12.0 Å². The molecule has 0 spiro atoms. The van der Waals surface area contributed by atoms with Gasteiger partial charge in [0.25, 0.3) is 0 Å². The van der Waals surface area contributed by atoms with E-state index in [4.69, 9.17) is 4.74 Å². The third kappa shape index (κ3) is 5.53. The molecule has 0 aliphatic carbocycles. The minimum Gasteiger partial charge on any atom is -0.466 e. The zero-order valence-electron chi connectivity index (χ0n) is 11.5. The standard InChI is InChI=1S/C14H28O2/c1-5-8-9-10-12-14(4,11-6-2)13(15)16-7-3/h5-12H2,1-4H3. The second-order valence-corrected chi connectivity index (χ2v) is 4.84. The van der Waals surface area contributed by atoms with Crippen LogP contribution >= 0.6 is 0 Å². The Bertz CT molecular complexity index is 189. The minimum absolute atomic E-state index is 0.00616. The molecule has 16 heavy (non-hydrogen) atoms. The van der Waals surface area contributed by atoms with E-state index >= 15 is 0 Å². The SMILES string of the molecule is CCCCCCC(C)(CCC)C(=O)OCC. The monoisotopic (exact) mass is 228 g/mol. The summed E-state index contributed by atoms with van der Waals surface area (Å²) in [5.41, 5.74) is -0.251. The Morgan fingerprint density at radius 1 is 1.00 bits per heavy atom. The molecule has 1 unspecified atom stereocenters. The van der Waals surface area contributed by atoms with Crippen LogP contribution in [0.25, 0.3) is 0 Å². The molecule has 0 aromatic rings. The molecule has 0 heterocycles. The number of esters is 1. The molecule has 0 aromatic carbocycles. The first kappa shape index (κ1) is 15.5. The quantitative estimate of drug-likeness (QED) is 0.434. The van der Waals surface area contributed by atoms with Crippen molar-refractivity contribution in [2.45, 2.75) is 72.6 Å². The first-order valence-electron chi connectivity index (χ1n) is 6.78. The third-order valence-electron chi connectivity index (χ3n) is 3.15. The van der Waals surface area contributed by atoms with Crippen LogP contribution in [0.3, 0.4) is 0 Å². The van der Waals surface area contributed by atoms with Gasteiger partial charge in [-0.15, -0.1) is 0 Å². The van der Waals surface area contributed by atoms with Crippen LogP contribution in [-0.2, 0) is 9.53 Å². The van der Waals surface area contributed by atoms with Crippen molar-refractivity contribution in [1.29, 1.82) is 0 Å². The Morgan fingerprint density at radius 3 is 2.19 bits per heavy atom. The van der Waals surface area contributed by atoms with Crippen LogP contribution in [0.1, 0.15) is 72.6 Å². The number of ether oxygens (including phenoxy) is 1. The van der Waals surface area contributed by atoms with Crippen LogP contribution in [-0.4, -0.2) is 12.6 Å². The number of carbonyl (C=O) groups is 1. The van der Waals surface area contributed by atoms with E-state index in [9.17, 15) is 4.79 Å². The number of rotatable bonds is 9. The average molecular weight is 228 g/mol. The summed E-state index contributed by atoms with van der Waals surface area (Å²) < 4.78 is 5.18. The van der Waals surface area contributed by atoms with Gasteiger partial charge in [-0.2, -0.15) is 0 Å². The lowest BCUT2D eigenvalue weighted by molar-refractivity contribution is -0.155. The van der Waals surface area contributed by atoms with Crippen LogP contribution < -0.4 is 0 Å². The second-order valence-electron chi connectivity index (χ2n) is 4.84. The normalized spacial score (nSPS) is 14.5. The summed E-state index contributed by atoms with van der Waals surface area (Å²) in [7, 11) is 0. The molecule has 0 aliphatic heterocycles. The summed E-state index contributed by atoms with van der Waals surface area (Å²) >= 11 is 0. The van der Waals surface area contributed by atoms with E-state index < -0.39 is 0 Å². The molecule has 0 amide bonds. The second kappa shape index (κ2) is 8.60. The summed E-state index contributed by atoms with van der Waals surface area (Å²) in [5, 5.41) is 0. The van der Waals surface area contributed by atoms with Crippen LogP contribution in [0.2, 0.25) is 0 Å². The highest BCUT2D eigenvalue weighted by atomic mass is 16.5. The first-order valence-corrected chi connectivity index (χ1v) is 6.78. The van der Waals surface area contributed by atoms with E-state index in [1.807, 2.05) is 6.92 Å². The van der Waals surface area contributed by atoms with Crippen molar-refractivity contribution in [3.63, 3.8) is 0 Å². The van der Waals surface area contributed by atoms with Gasteiger partial charge in [0.2, 0.25) is 0 Å². The van der Waals surface area contributed by atoms with E-state index in [2.05, 4.69) is 20.8 Å². The molecule has 96 valence electrons. The van der Waals surface area contributed by atoms with Crippen molar-refractivity contribution >= 4 is 5.97 Å². The Balaban J connectivity index is 4.15. The summed E-state index contributed by atoms with van der Waals surface area (Å²) in [6.45, 7) is 8.76. The zero-order chi connectivity index (χ0) is 12.4. The molecule has 0 radical (unpaired) electrons. The third-order valence-corrected chi connectivity index (χ3v) is 3.15. The van der Waals surface area contributed by atoms with E-state index in [1.165, 1.54) is 19.3 Å². The molecule has 0 aromatic heterocycles. The Kier molecular flexibility index (Phi) is 8.32. The van der Waals surface area contributed by atoms with Gasteiger partial charge in [-0.05, 0) is 26.7 Å². The maximum atomic E-state index is 11.9. The lowest BCUT2D eigenvalue weighted by atomic mass is 9.80. The molecule has 0 aliphatic rings. The zero-order valence-corrected chi connectivity index (χ0v) is 11.5. The number of hydrogen-bond acceptors (Lipinski definition) is 2.